The van der Waals surface area contributed by atoms with Gasteiger partial charge in [-0.3, -0.25) is 9.59 Å². The maximum absolute atomic E-state index is 14.4. The molecule has 8 nitrogen and oxygen atoms in total. The van der Waals surface area contributed by atoms with E-state index >= 15 is 0 Å². The zero-order chi connectivity index (χ0) is 27.6. The second-order valence-corrected chi connectivity index (χ2v) is 10.1. The summed E-state index contributed by atoms with van der Waals surface area (Å²) in [5.74, 6) is 1.18. The van der Waals surface area contributed by atoms with Crippen molar-refractivity contribution < 1.29 is 28.5 Å². The van der Waals surface area contributed by atoms with Crippen LogP contribution in [0.5, 0.6) is 23.0 Å². The molecule has 3 aromatic rings. The SMILES string of the molecule is COc1ccc(CN2C(=O)c3cc(OC)c(OC)c(OC)c3-c3ccccc3C2C(=O)NC(C)(C)C)cc1. The highest BCUT2D eigenvalue weighted by atomic mass is 16.5. The summed E-state index contributed by atoms with van der Waals surface area (Å²) in [5, 5.41) is 3.08. The summed E-state index contributed by atoms with van der Waals surface area (Å²) >= 11 is 0. The average Bonchev–Trinajstić information content (AvgIpc) is 2.99. The number of carbonyl (C=O) groups excluding carboxylic acids is 2. The van der Waals surface area contributed by atoms with E-state index in [-0.39, 0.29) is 18.4 Å². The Hall–Kier alpha value is -4.20. The summed E-state index contributed by atoms with van der Waals surface area (Å²) in [7, 11) is 6.15. The summed E-state index contributed by atoms with van der Waals surface area (Å²) in [6, 6.07) is 15.7. The molecule has 1 unspecified atom stereocenters. The molecule has 0 spiro atoms. The molecule has 0 saturated heterocycles. The Bertz CT molecular complexity index is 1340. The number of methoxy groups -OCH3 is 4. The number of nitrogens with one attached hydrogen (secondary N) is 1. The van der Waals surface area contributed by atoms with Crippen molar-refractivity contribution in [2.24, 2.45) is 0 Å². The van der Waals surface area contributed by atoms with Gasteiger partial charge in [-0.15, -0.1) is 0 Å². The fourth-order valence-electron chi connectivity index (χ4n) is 4.81. The van der Waals surface area contributed by atoms with Crippen molar-refractivity contribution in [3.8, 4) is 34.1 Å². The van der Waals surface area contributed by atoms with Gasteiger partial charge in [-0.1, -0.05) is 36.4 Å². The van der Waals surface area contributed by atoms with E-state index in [2.05, 4.69) is 5.32 Å². The summed E-state index contributed by atoms with van der Waals surface area (Å²) < 4.78 is 22.3. The molecular weight excluding hydrogens is 484 g/mol. The average molecular weight is 519 g/mol. The van der Waals surface area contributed by atoms with Gasteiger partial charge >= 0.3 is 0 Å². The Morgan fingerprint density at radius 1 is 0.868 bits per heavy atom. The van der Waals surface area contributed by atoms with E-state index < -0.39 is 11.6 Å². The molecule has 0 radical (unpaired) electrons. The van der Waals surface area contributed by atoms with Gasteiger partial charge in [0.2, 0.25) is 11.7 Å². The predicted octanol–water partition coefficient (Wildman–Crippen LogP) is 5.00. The van der Waals surface area contributed by atoms with Gasteiger partial charge in [0.05, 0.1) is 34.0 Å². The third-order valence-corrected chi connectivity index (χ3v) is 6.42. The van der Waals surface area contributed by atoms with Crippen LogP contribution in [0.1, 0.15) is 48.3 Å². The second-order valence-electron chi connectivity index (χ2n) is 10.1. The second kappa shape index (κ2) is 10.7. The third kappa shape index (κ3) is 4.98. The lowest BCUT2D eigenvalue weighted by Gasteiger charge is -2.33. The zero-order valence-corrected chi connectivity index (χ0v) is 22.9. The number of ether oxygens (including phenoxy) is 4. The highest BCUT2D eigenvalue weighted by Crippen LogP contribution is 2.51. The minimum absolute atomic E-state index is 0.190. The van der Waals surface area contributed by atoms with E-state index in [0.29, 0.717) is 45.3 Å². The highest BCUT2D eigenvalue weighted by Gasteiger charge is 2.41. The number of benzene rings is 3. The lowest BCUT2D eigenvalue weighted by molar-refractivity contribution is -0.127. The van der Waals surface area contributed by atoms with Crippen molar-refractivity contribution in [1.82, 2.24) is 10.2 Å². The lowest BCUT2D eigenvalue weighted by Crippen LogP contribution is -2.48. The van der Waals surface area contributed by atoms with Gasteiger partial charge in [0, 0.05) is 17.6 Å². The normalized spacial score (nSPS) is 14.7. The molecule has 0 aromatic heterocycles. The fraction of sp³-hybridized carbons (Fsp3) is 0.333. The van der Waals surface area contributed by atoms with Crippen molar-refractivity contribution in [1.29, 1.82) is 0 Å². The van der Waals surface area contributed by atoms with Crippen molar-refractivity contribution in [2.45, 2.75) is 38.9 Å². The summed E-state index contributed by atoms with van der Waals surface area (Å²) in [6.45, 7) is 5.93. The van der Waals surface area contributed by atoms with Gasteiger partial charge < -0.3 is 29.2 Å². The molecule has 0 fully saturated rings. The van der Waals surface area contributed by atoms with Crippen molar-refractivity contribution in [2.75, 3.05) is 28.4 Å². The molecule has 8 heteroatoms. The molecule has 1 atom stereocenters. The van der Waals surface area contributed by atoms with Crippen LogP contribution in [0.2, 0.25) is 0 Å². The Balaban J connectivity index is 2.01. The molecule has 2 amide bonds. The van der Waals surface area contributed by atoms with E-state index in [0.717, 1.165) is 5.56 Å². The maximum Gasteiger partial charge on any atom is 0.256 e. The lowest BCUT2D eigenvalue weighted by atomic mass is 9.92. The van der Waals surface area contributed by atoms with Crippen molar-refractivity contribution >= 4 is 11.8 Å². The Morgan fingerprint density at radius 2 is 1.53 bits per heavy atom. The molecule has 38 heavy (non-hydrogen) atoms. The molecule has 1 N–H and O–H groups in total. The molecule has 0 saturated carbocycles. The molecule has 200 valence electrons. The summed E-state index contributed by atoms with van der Waals surface area (Å²) in [5.41, 5.74) is 2.63. The van der Waals surface area contributed by atoms with E-state index in [1.54, 1.807) is 18.1 Å². The van der Waals surface area contributed by atoms with Crippen LogP contribution in [0.3, 0.4) is 0 Å². The van der Waals surface area contributed by atoms with Gasteiger partial charge in [0.15, 0.2) is 11.5 Å². The van der Waals surface area contributed by atoms with Gasteiger partial charge in [-0.05, 0) is 55.7 Å². The van der Waals surface area contributed by atoms with Crippen LogP contribution in [0.4, 0.5) is 0 Å². The number of carbonyl (C=O) groups is 2. The topological polar surface area (TPSA) is 86.3 Å². The smallest absolute Gasteiger partial charge is 0.256 e. The summed E-state index contributed by atoms with van der Waals surface area (Å²) in [4.78, 5) is 29.9. The number of rotatable bonds is 7. The van der Waals surface area contributed by atoms with Crippen LogP contribution in [0.25, 0.3) is 11.1 Å². The van der Waals surface area contributed by atoms with Crippen LogP contribution in [-0.4, -0.2) is 50.7 Å². The number of hydrogen-bond acceptors (Lipinski definition) is 6. The molecule has 0 bridgehead atoms. The van der Waals surface area contributed by atoms with Gasteiger partial charge in [-0.25, -0.2) is 0 Å². The number of nitrogens with zero attached hydrogens (tertiary/aromatic N) is 1. The number of amides is 2. The molecular formula is C30H34N2O6. The minimum atomic E-state index is -0.908. The first kappa shape index (κ1) is 26.9. The first-order valence-electron chi connectivity index (χ1n) is 12.3. The molecule has 0 aliphatic carbocycles. The van der Waals surface area contributed by atoms with E-state index in [4.69, 9.17) is 18.9 Å². The monoisotopic (exact) mass is 518 g/mol. The van der Waals surface area contributed by atoms with E-state index in [1.165, 1.54) is 21.3 Å². The predicted molar refractivity (Wildman–Crippen MR) is 145 cm³/mol. The van der Waals surface area contributed by atoms with Crippen LogP contribution >= 0.6 is 0 Å². The Labute approximate surface area is 223 Å². The fourth-order valence-corrected chi connectivity index (χ4v) is 4.81. The van der Waals surface area contributed by atoms with Gasteiger partial charge in [-0.2, -0.15) is 0 Å². The molecule has 3 aromatic carbocycles. The van der Waals surface area contributed by atoms with E-state index in [1.807, 2.05) is 69.3 Å². The van der Waals surface area contributed by atoms with Crippen molar-refractivity contribution in [3.05, 3.63) is 71.3 Å². The number of fused-ring (bicyclic) bond motifs is 3. The molecule has 1 heterocycles. The van der Waals surface area contributed by atoms with Crippen molar-refractivity contribution in [3.63, 3.8) is 0 Å². The van der Waals surface area contributed by atoms with Gasteiger partial charge in [0.25, 0.3) is 5.91 Å². The van der Waals surface area contributed by atoms with Gasteiger partial charge in [0.1, 0.15) is 11.8 Å². The summed E-state index contributed by atoms with van der Waals surface area (Å²) in [6.07, 6.45) is 0. The zero-order valence-electron chi connectivity index (χ0n) is 22.9. The molecule has 4 rings (SSSR count). The first-order chi connectivity index (χ1) is 18.1. The minimum Gasteiger partial charge on any atom is -0.497 e. The van der Waals surface area contributed by atoms with Crippen LogP contribution in [0, 0.1) is 0 Å². The van der Waals surface area contributed by atoms with Crippen LogP contribution in [-0.2, 0) is 11.3 Å². The van der Waals surface area contributed by atoms with Crippen LogP contribution < -0.4 is 24.3 Å². The largest absolute Gasteiger partial charge is 0.497 e. The van der Waals surface area contributed by atoms with Crippen LogP contribution in [0.15, 0.2) is 54.6 Å². The first-order valence-corrected chi connectivity index (χ1v) is 12.3. The standard InChI is InChI=1S/C30H34N2O6/c1-30(2,3)31-28(33)25-21-11-9-8-10-20(21)24-22(16-23(36-5)26(37-6)27(24)38-7)29(34)32(25)17-18-12-14-19(35-4)15-13-18/h8-16,25H,17H2,1-7H3,(H,31,33). The highest BCUT2D eigenvalue weighted by molar-refractivity contribution is 6.08. The van der Waals surface area contributed by atoms with E-state index in [9.17, 15) is 9.59 Å². The maximum atomic E-state index is 14.4. The Kier molecular flexibility index (Phi) is 7.53. The molecule has 1 aliphatic heterocycles. The quantitative estimate of drug-likeness (QED) is 0.474. The third-order valence-electron chi connectivity index (χ3n) is 6.42. The number of hydrogen-bond donors (Lipinski definition) is 1. The Morgan fingerprint density at radius 3 is 2.11 bits per heavy atom. The molecule has 1 aliphatic rings.